The normalized spacial score (nSPS) is 11.2. The van der Waals surface area contributed by atoms with E-state index in [1.807, 2.05) is 13.0 Å². The molecule has 0 aliphatic heterocycles. The third-order valence-electron chi connectivity index (χ3n) is 2.12. The van der Waals surface area contributed by atoms with Gasteiger partial charge in [-0.05, 0) is 18.1 Å². The Kier molecular flexibility index (Phi) is 4.45. The van der Waals surface area contributed by atoms with Gasteiger partial charge in [0, 0.05) is 6.42 Å². The van der Waals surface area contributed by atoms with E-state index in [2.05, 4.69) is 0 Å². The van der Waals surface area contributed by atoms with Crippen molar-refractivity contribution in [2.24, 2.45) is 0 Å². The fourth-order valence-corrected chi connectivity index (χ4v) is 1.34. The van der Waals surface area contributed by atoms with Crippen LogP contribution in [0.5, 0.6) is 0 Å². The molecule has 0 unspecified atom stereocenters. The number of carboxylic acid groups (broad SMARTS) is 1. The van der Waals surface area contributed by atoms with Gasteiger partial charge in [-0.2, -0.15) is 0 Å². The molecule has 0 saturated carbocycles. The number of Topliss-reactive ketones (excluding diaryl/α,β-unsaturated/α-hetero) is 1. The highest BCUT2D eigenvalue weighted by Crippen LogP contribution is 2.10. The minimum absolute atomic E-state index is 0.145. The van der Waals surface area contributed by atoms with Gasteiger partial charge in [-0.25, -0.2) is 4.79 Å². The van der Waals surface area contributed by atoms with Gasteiger partial charge in [-0.3, -0.25) is 4.79 Å². The van der Waals surface area contributed by atoms with E-state index >= 15 is 0 Å². The molecule has 0 spiro atoms. The van der Waals surface area contributed by atoms with E-state index in [4.69, 9.17) is 5.11 Å². The minimum atomic E-state index is -1.16. The summed E-state index contributed by atoms with van der Waals surface area (Å²) in [6.07, 6.45) is 2.34. The van der Waals surface area contributed by atoms with Crippen LogP contribution in [0.2, 0.25) is 0 Å². The fourth-order valence-electron chi connectivity index (χ4n) is 1.34. The molecule has 3 heteroatoms. The molecule has 1 N–H and O–H groups in total. The van der Waals surface area contributed by atoms with Crippen molar-refractivity contribution in [3.05, 3.63) is 41.5 Å². The van der Waals surface area contributed by atoms with Crippen LogP contribution in [-0.4, -0.2) is 16.9 Å². The maximum atomic E-state index is 11.5. The van der Waals surface area contributed by atoms with Crippen molar-refractivity contribution in [3.63, 3.8) is 0 Å². The standard InChI is InChI=1S/C13H14O3/c1-2-6-12(14)11(13(15)16)9-10-7-4-3-5-8-10/h3-5,7-9H,2,6H2,1H3,(H,15,16). The van der Waals surface area contributed by atoms with Gasteiger partial charge < -0.3 is 5.11 Å². The molecule has 1 rings (SSSR count). The first-order valence-corrected chi connectivity index (χ1v) is 5.18. The number of carboxylic acids is 1. The zero-order valence-electron chi connectivity index (χ0n) is 9.14. The summed E-state index contributed by atoms with van der Waals surface area (Å²) in [6.45, 7) is 1.85. The average molecular weight is 218 g/mol. The lowest BCUT2D eigenvalue weighted by Gasteiger charge is -2.00. The summed E-state index contributed by atoms with van der Waals surface area (Å²) in [5, 5.41) is 8.94. The molecule has 0 amide bonds. The monoisotopic (exact) mass is 218 g/mol. The van der Waals surface area contributed by atoms with Crippen molar-refractivity contribution in [2.75, 3.05) is 0 Å². The molecule has 0 atom stereocenters. The van der Waals surface area contributed by atoms with Crippen LogP contribution < -0.4 is 0 Å². The lowest BCUT2D eigenvalue weighted by atomic mass is 10.0. The molecule has 0 heterocycles. The number of aliphatic carboxylic acids is 1. The number of carbonyl (C=O) groups is 2. The minimum Gasteiger partial charge on any atom is -0.478 e. The second-order valence-corrected chi connectivity index (χ2v) is 3.45. The van der Waals surface area contributed by atoms with Crippen LogP contribution in [0, 0.1) is 0 Å². The molecular formula is C13H14O3. The zero-order valence-corrected chi connectivity index (χ0v) is 9.14. The number of carbonyl (C=O) groups excluding carboxylic acids is 1. The first-order valence-electron chi connectivity index (χ1n) is 5.18. The van der Waals surface area contributed by atoms with Crippen molar-refractivity contribution in [2.45, 2.75) is 19.8 Å². The highest BCUT2D eigenvalue weighted by molar-refractivity contribution is 6.19. The predicted octanol–water partition coefficient (Wildman–Crippen LogP) is 2.52. The van der Waals surface area contributed by atoms with Gasteiger partial charge in [0.15, 0.2) is 5.78 Å². The molecular weight excluding hydrogens is 204 g/mol. The number of benzene rings is 1. The fraction of sp³-hybridized carbons (Fsp3) is 0.231. The molecule has 0 fully saturated rings. The Labute approximate surface area is 94.4 Å². The Morgan fingerprint density at radius 1 is 1.25 bits per heavy atom. The van der Waals surface area contributed by atoms with E-state index in [1.54, 1.807) is 24.3 Å². The van der Waals surface area contributed by atoms with Gasteiger partial charge >= 0.3 is 5.97 Å². The Bertz CT molecular complexity index is 404. The van der Waals surface area contributed by atoms with E-state index < -0.39 is 5.97 Å². The summed E-state index contributed by atoms with van der Waals surface area (Å²) in [6, 6.07) is 8.97. The van der Waals surface area contributed by atoms with Crippen LogP contribution in [0.4, 0.5) is 0 Å². The van der Waals surface area contributed by atoms with Crippen LogP contribution in [0.25, 0.3) is 6.08 Å². The molecule has 0 saturated heterocycles. The van der Waals surface area contributed by atoms with Gasteiger partial charge in [-0.15, -0.1) is 0 Å². The van der Waals surface area contributed by atoms with Crippen LogP contribution in [0.1, 0.15) is 25.3 Å². The van der Waals surface area contributed by atoms with Crippen LogP contribution >= 0.6 is 0 Å². The summed E-state index contributed by atoms with van der Waals surface area (Å²) in [5.74, 6) is -1.49. The maximum absolute atomic E-state index is 11.5. The molecule has 3 nitrogen and oxygen atoms in total. The molecule has 1 aromatic rings. The first-order chi connectivity index (χ1) is 7.65. The topological polar surface area (TPSA) is 54.4 Å². The van der Waals surface area contributed by atoms with Gasteiger partial charge in [0.05, 0.1) is 0 Å². The molecule has 0 bridgehead atoms. The number of hydrogen-bond acceptors (Lipinski definition) is 2. The Morgan fingerprint density at radius 3 is 2.38 bits per heavy atom. The maximum Gasteiger partial charge on any atom is 0.339 e. The smallest absolute Gasteiger partial charge is 0.339 e. The van der Waals surface area contributed by atoms with Crippen molar-refractivity contribution in [1.29, 1.82) is 0 Å². The van der Waals surface area contributed by atoms with Crippen molar-refractivity contribution in [1.82, 2.24) is 0 Å². The Hall–Kier alpha value is -1.90. The molecule has 0 radical (unpaired) electrons. The van der Waals surface area contributed by atoms with Gasteiger partial charge in [0.1, 0.15) is 5.57 Å². The average Bonchev–Trinajstić information content (AvgIpc) is 2.27. The number of rotatable bonds is 5. The third kappa shape index (κ3) is 3.35. The second-order valence-electron chi connectivity index (χ2n) is 3.45. The summed E-state index contributed by atoms with van der Waals surface area (Å²) < 4.78 is 0. The van der Waals surface area contributed by atoms with E-state index in [-0.39, 0.29) is 17.8 Å². The van der Waals surface area contributed by atoms with Crippen molar-refractivity contribution >= 4 is 17.8 Å². The molecule has 16 heavy (non-hydrogen) atoms. The summed E-state index contributed by atoms with van der Waals surface area (Å²) in [4.78, 5) is 22.5. The van der Waals surface area contributed by atoms with E-state index in [9.17, 15) is 9.59 Å². The van der Waals surface area contributed by atoms with E-state index in [1.165, 1.54) is 6.08 Å². The van der Waals surface area contributed by atoms with Gasteiger partial charge in [0.2, 0.25) is 0 Å². The van der Waals surface area contributed by atoms with Gasteiger partial charge in [-0.1, -0.05) is 37.3 Å². The first kappa shape index (κ1) is 12.2. The van der Waals surface area contributed by atoms with Crippen LogP contribution in [-0.2, 0) is 9.59 Å². The highest BCUT2D eigenvalue weighted by atomic mass is 16.4. The lowest BCUT2D eigenvalue weighted by Crippen LogP contribution is -2.11. The summed E-state index contributed by atoms with van der Waals surface area (Å²) in [7, 11) is 0. The highest BCUT2D eigenvalue weighted by Gasteiger charge is 2.15. The molecule has 0 aliphatic rings. The summed E-state index contributed by atoms with van der Waals surface area (Å²) in [5.41, 5.74) is 0.581. The SMILES string of the molecule is CCCC(=O)C(=Cc1ccccc1)C(=O)O. The molecule has 84 valence electrons. The number of hydrogen-bond donors (Lipinski definition) is 1. The Balaban J connectivity index is 2.99. The van der Waals surface area contributed by atoms with Crippen molar-refractivity contribution < 1.29 is 14.7 Å². The van der Waals surface area contributed by atoms with Crippen molar-refractivity contribution in [3.8, 4) is 0 Å². The zero-order chi connectivity index (χ0) is 12.0. The molecule has 1 aromatic carbocycles. The van der Waals surface area contributed by atoms with Crippen LogP contribution in [0.3, 0.4) is 0 Å². The van der Waals surface area contributed by atoms with E-state index in [0.717, 1.165) is 5.56 Å². The lowest BCUT2D eigenvalue weighted by molar-refractivity contribution is -0.134. The van der Waals surface area contributed by atoms with Crippen LogP contribution in [0.15, 0.2) is 35.9 Å². The predicted molar refractivity (Wildman–Crippen MR) is 62.0 cm³/mol. The quantitative estimate of drug-likeness (QED) is 0.469. The second kappa shape index (κ2) is 5.85. The third-order valence-corrected chi connectivity index (χ3v) is 2.12. The van der Waals surface area contributed by atoms with Gasteiger partial charge in [0.25, 0.3) is 0 Å². The Morgan fingerprint density at radius 2 is 1.88 bits per heavy atom. The number of ketones is 1. The largest absolute Gasteiger partial charge is 0.478 e. The molecule has 0 aliphatic carbocycles. The molecule has 0 aromatic heterocycles. The van der Waals surface area contributed by atoms with E-state index in [0.29, 0.717) is 6.42 Å². The summed E-state index contributed by atoms with van der Waals surface area (Å²) >= 11 is 0.